The van der Waals surface area contributed by atoms with E-state index in [0.717, 1.165) is 19.4 Å². The van der Waals surface area contributed by atoms with Crippen molar-refractivity contribution in [2.45, 2.75) is 44.9 Å². The number of hydrazone groups is 1. The Morgan fingerprint density at radius 1 is 1.07 bits per heavy atom. The molecule has 1 aliphatic carbocycles. The predicted molar refractivity (Wildman–Crippen MR) is 105 cm³/mol. The third-order valence-corrected chi connectivity index (χ3v) is 6.38. The first-order valence-electron chi connectivity index (χ1n) is 10.7. The van der Waals surface area contributed by atoms with Crippen molar-refractivity contribution >= 4 is 29.3 Å². The number of hydrogen-bond donors (Lipinski definition) is 2. The van der Waals surface area contributed by atoms with E-state index in [2.05, 4.69) is 15.8 Å². The number of carbonyl (C=O) groups is 4. The molecule has 9 nitrogen and oxygen atoms in total. The van der Waals surface area contributed by atoms with E-state index in [4.69, 9.17) is 0 Å². The summed E-state index contributed by atoms with van der Waals surface area (Å²) in [6.07, 6.45) is 5.03. The van der Waals surface area contributed by atoms with Crippen LogP contribution in [0.2, 0.25) is 0 Å². The van der Waals surface area contributed by atoms with Crippen LogP contribution in [0.25, 0.3) is 0 Å². The Bertz CT molecular complexity index is 724. The second-order valence-corrected chi connectivity index (χ2v) is 8.72. The SMILES string of the molecule is O=C1CCC(C(=O)N2CCC(CN3CC(C(=O)NCC4CC4)CC3=O)CC2)=NN1. The summed E-state index contributed by atoms with van der Waals surface area (Å²) in [7, 11) is 0. The van der Waals surface area contributed by atoms with E-state index in [1.54, 1.807) is 4.90 Å². The zero-order chi connectivity index (χ0) is 20.4. The second kappa shape index (κ2) is 8.51. The lowest BCUT2D eigenvalue weighted by molar-refractivity contribution is -0.130. The minimum absolute atomic E-state index is 0.00788. The quantitative estimate of drug-likeness (QED) is 0.643. The summed E-state index contributed by atoms with van der Waals surface area (Å²) in [5.74, 6) is 0.543. The molecule has 0 radical (unpaired) electrons. The van der Waals surface area contributed by atoms with Crippen molar-refractivity contribution < 1.29 is 19.2 Å². The van der Waals surface area contributed by atoms with Gasteiger partial charge in [-0.1, -0.05) is 0 Å². The van der Waals surface area contributed by atoms with Crippen molar-refractivity contribution in [2.24, 2.45) is 22.9 Å². The number of rotatable bonds is 6. The maximum atomic E-state index is 12.5. The minimum Gasteiger partial charge on any atom is -0.356 e. The summed E-state index contributed by atoms with van der Waals surface area (Å²) in [6, 6.07) is 0. The number of likely N-dealkylation sites (tertiary alicyclic amines) is 2. The van der Waals surface area contributed by atoms with E-state index in [9.17, 15) is 19.2 Å². The molecule has 0 aromatic heterocycles. The van der Waals surface area contributed by atoms with E-state index >= 15 is 0 Å². The molecule has 4 amide bonds. The molecular formula is C20H29N5O4. The highest BCUT2D eigenvalue weighted by atomic mass is 16.2. The van der Waals surface area contributed by atoms with Gasteiger partial charge in [0.05, 0.1) is 5.92 Å². The fourth-order valence-electron chi connectivity index (χ4n) is 4.28. The first kappa shape index (κ1) is 19.8. The van der Waals surface area contributed by atoms with Crippen molar-refractivity contribution in [1.29, 1.82) is 0 Å². The Hall–Kier alpha value is -2.45. The fraction of sp³-hybridized carbons (Fsp3) is 0.750. The Morgan fingerprint density at radius 3 is 2.48 bits per heavy atom. The highest BCUT2D eigenvalue weighted by molar-refractivity contribution is 6.39. The van der Waals surface area contributed by atoms with Gasteiger partial charge in [-0.25, -0.2) is 5.43 Å². The van der Waals surface area contributed by atoms with Crippen LogP contribution in [0, 0.1) is 17.8 Å². The summed E-state index contributed by atoms with van der Waals surface area (Å²) in [5, 5.41) is 6.87. The van der Waals surface area contributed by atoms with Crippen molar-refractivity contribution in [2.75, 3.05) is 32.7 Å². The number of amides is 4. The molecule has 2 saturated heterocycles. The second-order valence-electron chi connectivity index (χ2n) is 8.72. The summed E-state index contributed by atoms with van der Waals surface area (Å²) >= 11 is 0. The van der Waals surface area contributed by atoms with E-state index < -0.39 is 0 Å². The molecule has 158 valence electrons. The molecule has 1 unspecified atom stereocenters. The third-order valence-electron chi connectivity index (χ3n) is 6.38. The van der Waals surface area contributed by atoms with Crippen LogP contribution in [-0.2, 0) is 19.2 Å². The molecule has 2 N–H and O–H groups in total. The van der Waals surface area contributed by atoms with Crippen molar-refractivity contribution in [3.05, 3.63) is 0 Å². The van der Waals surface area contributed by atoms with Crippen molar-refractivity contribution in [3.8, 4) is 0 Å². The lowest BCUT2D eigenvalue weighted by atomic mass is 9.95. The van der Waals surface area contributed by atoms with Gasteiger partial charge in [0.2, 0.25) is 17.7 Å². The number of nitrogens with zero attached hydrogens (tertiary/aromatic N) is 3. The first-order valence-corrected chi connectivity index (χ1v) is 10.7. The maximum Gasteiger partial charge on any atom is 0.270 e. The molecule has 3 aliphatic heterocycles. The Morgan fingerprint density at radius 2 is 1.83 bits per heavy atom. The molecule has 9 heteroatoms. The average molecular weight is 403 g/mol. The van der Waals surface area contributed by atoms with Crippen molar-refractivity contribution in [3.63, 3.8) is 0 Å². The van der Waals surface area contributed by atoms with Crippen LogP contribution in [0.15, 0.2) is 5.10 Å². The molecule has 29 heavy (non-hydrogen) atoms. The van der Waals surface area contributed by atoms with Gasteiger partial charge in [0, 0.05) is 52.0 Å². The molecule has 0 aromatic carbocycles. The molecule has 3 heterocycles. The number of hydrogen-bond acceptors (Lipinski definition) is 5. The molecule has 3 fully saturated rings. The zero-order valence-corrected chi connectivity index (χ0v) is 16.7. The van der Waals surface area contributed by atoms with Gasteiger partial charge in [-0.15, -0.1) is 0 Å². The number of nitrogens with one attached hydrogen (secondary N) is 2. The monoisotopic (exact) mass is 403 g/mol. The van der Waals surface area contributed by atoms with E-state index in [1.165, 1.54) is 12.8 Å². The Balaban J connectivity index is 1.21. The van der Waals surface area contributed by atoms with Crippen molar-refractivity contribution in [1.82, 2.24) is 20.5 Å². The third kappa shape index (κ3) is 4.94. The van der Waals surface area contributed by atoms with Crippen LogP contribution in [0.3, 0.4) is 0 Å². The smallest absolute Gasteiger partial charge is 0.270 e. The molecule has 1 atom stereocenters. The van der Waals surface area contributed by atoms with Crippen LogP contribution in [0.5, 0.6) is 0 Å². The van der Waals surface area contributed by atoms with Gasteiger partial charge in [0.1, 0.15) is 5.71 Å². The zero-order valence-electron chi connectivity index (χ0n) is 16.7. The van der Waals surface area contributed by atoms with Gasteiger partial charge < -0.3 is 15.1 Å². The van der Waals surface area contributed by atoms with Gasteiger partial charge in [0.25, 0.3) is 5.91 Å². The first-order chi connectivity index (χ1) is 14.0. The Labute approximate surface area is 170 Å². The van der Waals surface area contributed by atoms with Gasteiger partial charge in [-0.3, -0.25) is 19.2 Å². The summed E-state index contributed by atoms with van der Waals surface area (Å²) in [5.41, 5.74) is 2.79. The van der Waals surface area contributed by atoms with Gasteiger partial charge >= 0.3 is 0 Å². The largest absolute Gasteiger partial charge is 0.356 e. The highest BCUT2D eigenvalue weighted by Gasteiger charge is 2.37. The fourth-order valence-corrected chi connectivity index (χ4v) is 4.28. The van der Waals surface area contributed by atoms with E-state index in [0.29, 0.717) is 63.0 Å². The van der Waals surface area contributed by atoms with Gasteiger partial charge in [0.15, 0.2) is 0 Å². The predicted octanol–water partition coefficient (Wildman–Crippen LogP) is -0.134. The average Bonchev–Trinajstić information content (AvgIpc) is 3.49. The highest BCUT2D eigenvalue weighted by Crippen LogP contribution is 2.28. The lowest BCUT2D eigenvalue weighted by Crippen LogP contribution is -2.46. The molecule has 4 rings (SSSR count). The van der Waals surface area contributed by atoms with E-state index in [1.807, 2.05) is 4.90 Å². The molecule has 0 bridgehead atoms. The molecule has 4 aliphatic rings. The van der Waals surface area contributed by atoms with Gasteiger partial charge in [-0.05, 0) is 37.5 Å². The topological polar surface area (TPSA) is 111 Å². The lowest BCUT2D eigenvalue weighted by Gasteiger charge is -2.34. The van der Waals surface area contributed by atoms with E-state index in [-0.39, 0.29) is 29.5 Å². The molecular weight excluding hydrogens is 374 g/mol. The van der Waals surface area contributed by atoms with Crippen LogP contribution in [0.1, 0.15) is 44.9 Å². The molecule has 0 spiro atoms. The van der Waals surface area contributed by atoms with Crippen LogP contribution >= 0.6 is 0 Å². The number of piperidine rings is 1. The van der Waals surface area contributed by atoms with Crippen LogP contribution < -0.4 is 10.7 Å². The number of carbonyl (C=O) groups excluding carboxylic acids is 4. The van der Waals surface area contributed by atoms with Crippen LogP contribution in [-0.4, -0.2) is 71.9 Å². The van der Waals surface area contributed by atoms with Gasteiger partial charge in [-0.2, -0.15) is 5.10 Å². The summed E-state index contributed by atoms with van der Waals surface area (Å²) in [4.78, 5) is 51.9. The minimum atomic E-state index is -0.234. The Kier molecular flexibility index (Phi) is 5.82. The summed E-state index contributed by atoms with van der Waals surface area (Å²) < 4.78 is 0. The maximum absolute atomic E-state index is 12.5. The normalized spacial score (nSPS) is 25.7. The molecule has 1 saturated carbocycles. The summed E-state index contributed by atoms with van der Waals surface area (Å²) in [6.45, 7) is 3.16. The molecule has 0 aromatic rings. The van der Waals surface area contributed by atoms with Crippen LogP contribution in [0.4, 0.5) is 0 Å². The standard InChI is InChI=1S/C20H29N5O4/c26-17-4-3-16(22-23-17)20(29)24-7-5-14(6-8-24)11-25-12-15(9-18(25)27)19(28)21-10-13-1-2-13/h13-15H,1-12H2,(H,21,28)(H,23,26).